The highest BCUT2D eigenvalue weighted by Gasteiger charge is 2.27. The van der Waals surface area contributed by atoms with Crippen LogP contribution in [0.15, 0.2) is 59.4 Å². The van der Waals surface area contributed by atoms with Crippen LogP contribution in [0.1, 0.15) is 24.2 Å². The average Bonchev–Trinajstić information content (AvgIpc) is 3.07. The molecule has 0 N–H and O–H groups in total. The summed E-state index contributed by atoms with van der Waals surface area (Å²) >= 11 is 0. The third kappa shape index (κ3) is 4.81. The monoisotopic (exact) mass is 495 g/mol. The second-order valence-corrected chi connectivity index (χ2v) is 10.7. The number of methoxy groups -OCH3 is 1. The number of nitrogens with zero attached hydrogens (tertiary/aromatic N) is 3. The molecule has 0 unspecified atom stereocenters. The van der Waals surface area contributed by atoms with Gasteiger partial charge in [0.15, 0.2) is 5.75 Å². The van der Waals surface area contributed by atoms with E-state index in [1.54, 1.807) is 23.7 Å². The van der Waals surface area contributed by atoms with Crippen molar-refractivity contribution in [2.45, 2.75) is 19.9 Å². The fourth-order valence-corrected chi connectivity index (χ4v) is 5.22. The van der Waals surface area contributed by atoms with E-state index in [0.29, 0.717) is 29.1 Å². The molecule has 8 nitrogen and oxygen atoms in total. The molecule has 0 saturated heterocycles. The van der Waals surface area contributed by atoms with Gasteiger partial charge in [0.1, 0.15) is 9.84 Å². The molecule has 35 heavy (non-hydrogen) atoms. The van der Waals surface area contributed by atoms with E-state index < -0.39 is 15.9 Å². The summed E-state index contributed by atoms with van der Waals surface area (Å²) in [7, 11) is -0.278. The Morgan fingerprint density at radius 3 is 2.46 bits per heavy atom. The summed E-state index contributed by atoms with van der Waals surface area (Å²) in [6.45, 7) is 4.22. The van der Waals surface area contributed by atoms with Crippen LogP contribution in [0.5, 0.6) is 11.6 Å². The van der Waals surface area contributed by atoms with Gasteiger partial charge >= 0.3 is 5.69 Å². The summed E-state index contributed by atoms with van der Waals surface area (Å²) in [5.74, 6) is 0.388. The fraction of sp³-hybridized carbons (Fsp3) is 0.308. The summed E-state index contributed by atoms with van der Waals surface area (Å²) in [5.41, 5.74) is 4.57. The first-order chi connectivity index (χ1) is 16.6. The van der Waals surface area contributed by atoms with Gasteiger partial charge in [0.25, 0.3) is 5.88 Å². The van der Waals surface area contributed by atoms with Gasteiger partial charge in [-0.1, -0.05) is 30.3 Å². The Bertz CT molecular complexity index is 1550. The van der Waals surface area contributed by atoms with Crippen LogP contribution in [0.2, 0.25) is 0 Å². The quantitative estimate of drug-likeness (QED) is 0.370. The normalized spacial score (nSPS) is 12.6. The highest BCUT2D eigenvalue weighted by molar-refractivity contribution is 7.90. The van der Waals surface area contributed by atoms with Crippen molar-refractivity contribution in [3.8, 4) is 22.8 Å². The second-order valence-electron chi connectivity index (χ2n) is 8.51. The van der Waals surface area contributed by atoms with Crippen LogP contribution >= 0.6 is 0 Å². The van der Waals surface area contributed by atoms with Crippen molar-refractivity contribution in [2.24, 2.45) is 7.05 Å². The topological polar surface area (TPSA) is 92.4 Å². The average molecular weight is 496 g/mol. The van der Waals surface area contributed by atoms with Gasteiger partial charge in [0, 0.05) is 13.3 Å². The number of ether oxygens (including phenoxy) is 2. The minimum Gasteiger partial charge on any atom is -0.491 e. The Morgan fingerprint density at radius 2 is 1.80 bits per heavy atom. The minimum atomic E-state index is -3.47. The molecule has 4 aromatic rings. The zero-order valence-electron chi connectivity index (χ0n) is 20.5. The summed E-state index contributed by atoms with van der Waals surface area (Å²) < 4.78 is 38.9. The van der Waals surface area contributed by atoms with Crippen molar-refractivity contribution < 1.29 is 17.9 Å². The zero-order chi connectivity index (χ0) is 25.3. The van der Waals surface area contributed by atoms with Crippen LogP contribution in [-0.2, 0) is 16.9 Å². The molecule has 0 aliphatic rings. The van der Waals surface area contributed by atoms with Gasteiger partial charge in [-0.15, -0.1) is 0 Å². The van der Waals surface area contributed by atoms with E-state index in [0.717, 1.165) is 22.9 Å². The van der Waals surface area contributed by atoms with E-state index in [1.807, 2.05) is 56.3 Å². The van der Waals surface area contributed by atoms with Crippen molar-refractivity contribution >= 4 is 20.9 Å². The molecule has 0 bridgehead atoms. The molecule has 9 heteroatoms. The van der Waals surface area contributed by atoms with Crippen molar-refractivity contribution in [1.29, 1.82) is 0 Å². The predicted octanol–water partition coefficient (Wildman–Crippen LogP) is 3.75. The lowest BCUT2D eigenvalue weighted by Gasteiger charge is -2.19. The smallest absolute Gasteiger partial charge is 0.329 e. The maximum Gasteiger partial charge on any atom is 0.329 e. The summed E-state index contributed by atoms with van der Waals surface area (Å²) in [4.78, 5) is 18.0. The first-order valence-corrected chi connectivity index (χ1v) is 13.3. The van der Waals surface area contributed by atoms with Crippen LogP contribution < -0.4 is 15.2 Å². The zero-order valence-corrected chi connectivity index (χ0v) is 21.3. The van der Waals surface area contributed by atoms with Gasteiger partial charge in [0.2, 0.25) is 0 Å². The number of benzene rings is 2. The Balaban J connectivity index is 1.94. The largest absolute Gasteiger partial charge is 0.491 e. The van der Waals surface area contributed by atoms with Crippen molar-refractivity contribution in [3.63, 3.8) is 0 Å². The molecule has 4 rings (SSSR count). The molecule has 0 aliphatic heterocycles. The number of fused-ring (bicyclic) bond motifs is 1. The van der Waals surface area contributed by atoms with Crippen molar-refractivity contribution in [1.82, 2.24) is 14.1 Å². The summed E-state index contributed by atoms with van der Waals surface area (Å²) in [6.07, 6.45) is 1.15. The van der Waals surface area contributed by atoms with E-state index in [2.05, 4.69) is 4.98 Å². The van der Waals surface area contributed by atoms with E-state index in [4.69, 9.17) is 9.47 Å². The fourth-order valence-electron chi connectivity index (χ4n) is 4.33. The molecular weight excluding hydrogens is 466 g/mol. The minimum absolute atomic E-state index is 0.251. The lowest BCUT2D eigenvalue weighted by atomic mass is 10.0. The van der Waals surface area contributed by atoms with E-state index in [9.17, 15) is 13.2 Å². The van der Waals surface area contributed by atoms with Crippen LogP contribution in [0, 0.1) is 6.92 Å². The van der Waals surface area contributed by atoms with Gasteiger partial charge in [-0.05, 0) is 54.8 Å². The van der Waals surface area contributed by atoms with E-state index in [-0.39, 0.29) is 17.3 Å². The first kappa shape index (κ1) is 24.5. The Morgan fingerprint density at radius 1 is 1.06 bits per heavy atom. The standard InChI is InChI=1S/C26H29N3O5S/c1-6-34-25-24(33-4)14-12-20(27-25)23(16-35(5,31)32)29-21-13-11-18(15-22(21)28(3)26(29)30)19-10-8-7-9-17(19)2/h7-15,23H,6,16H2,1-5H3/t23-/m1/s1. The molecule has 1 atom stereocenters. The summed E-state index contributed by atoms with van der Waals surface area (Å²) in [6, 6.07) is 16.3. The number of imidazole rings is 1. The first-order valence-electron chi connectivity index (χ1n) is 11.3. The summed E-state index contributed by atoms with van der Waals surface area (Å²) in [5, 5.41) is 0. The molecule has 2 aromatic carbocycles. The van der Waals surface area contributed by atoms with Crippen molar-refractivity contribution in [2.75, 3.05) is 25.7 Å². The number of pyridine rings is 1. The molecule has 2 heterocycles. The molecule has 0 saturated carbocycles. The van der Waals surface area contributed by atoms with Crippen LogP contribution in [-0.4, -0.2) is 48.3 Å². The maximum absolute atomic E-state index is 13.5. The number of rotatable bonds is 8. The molecular formula is C26H29N3O5S. The van der Waals surface area contributed by atoms with Crippen LogP contribution in [0.4, 0.5) is 0 Å². The molecule has 0 radical (unpaired) electrons. The lowest BCUT2D eigenvalue weighted by molar-refractivity contribution is 0.296. The van der Waals surface area contributed by atoms with Gasteiger partial charge in [-0.3, -0.25) is 9.13 Å². The molecule has 2 aromatic heterocycles. The van der Waals surface area contributed by atoms with E-state index >= 15 is 0 Å². The number of sulfone groups is 1. The van der Waals surface area contributed by atoms with Crippen molar-refractivity contribution in [3.05, 3.63) is 76.3 Å². The third-order valence-electron chi connectivity index (χ3n) is 6.01. The molecule has 184 valence electrons. The number of aromatic nitrogens is 3. The highest BCUT2D eigenvalue weighted by atomic mass is 32.2. The van der Waals surface area contributed by atoms with Gasteiger partial charge in [-0.2, -0.15) is 0 Å². The second kappa shape index (κ2) is 9.58. The SMILES string of the molecule is CCOc1nc([C@@H](CS(C)(=O)=O)n2c(=O)n(C)c3cc(-c4ccccc4C)ccc32)ccc1OC. The number of hydrogen-bond donors (Lipinski definition) is 0. The maximum atomic E-state index is 13.5. The van der Waals surface area contributed by atoms with Gasteiger partial charge in [0.05, 0.1) is 42.2 Å². The molecule has 0 fully saturated rings. The third-order valence-corrected chi connectivity index (χ3v) is 6.93. The van der Waals surface area contributed by atoms with Gasteiger partial charge in [-0.25, -0.2) is 18.2 Å². The highest BCUT2D eigenvalue weighted by Crippen LogP contribution is 2.31. The number of hydrogen-bond acceptors (Lipinski definition) is 6. The van der Waals surface area contributed by atoms with E-state index in [1.165, 1.54) is 11.7 Å². The lowest BCUT2D eigenvalue weighted by Crippen LogP contribution is -2.31. The Kier molecular flexibility index (Phi) is 6.71. The van der Waals surface area contributed by atoms with Gasteiger partial charge < -0.3 is 9.47 Å². The number of aryl methyl sites for hydroxylation is 2. The van der Waals surface area contributed by atoms with Crippen LogP contribution in [0.3, 0.4) is 0 Å². The Labute approximate surface area is 204 Å². The van der Waals surface area contributed by atoms with Crippen LogP contribution in [0.25, 0.3) is 22.2 Å². The molecule has 0 amide bonds. The molecule has 0 spiro atoms. The Hall–Kier alpha value is -3.59. The molecule has 0 aliphatic carbocycles. The predicted molar refractivity (Wildman–Crippen MR) is 137 cm³/mol.